The third-order valence-electron chi connectivity index (χ3n) is 7.16. The van der Waals surface area contributed by atoms with Gasteiger partial charge in [-0.05, 0) is 60.2 Å². The Kier molecular flexibility index (Phi) is 6.14. The summed E-state index contributed by atoms with van der Waals surface area (Å²) >= 11 is 0. The molecule has 172 valence electrons. The molecule has 0 radical (unpaired) electrons. The standard InChI is InChI=1S/C28H31NO4/c1-32-24-4-2-3-21(15-24)26-18-33-27-16-23(31)9-10-25(27)28(26)20-5-7-22(8-6-20)29-13-11-19(17-30)12-14-29/h2-10,15-16,19,26,28,30-31H,11-14,17-18H2,1H3/t26?,28-/m1/s1. The van der Waals surface area contributed by atoms with E-state index in [-0.39, 0.29) is 24.2 Å². The fraction of sp³-hybridized carbons (Fsp3) is 0.357. The molecule has 5 heteroatoms. The molecule has 0 spiro atoms. The number of aliphatic hydroxyl groups excluding tert-OH is 1. The fourth-order valence-electron chi connectivity index (χ4n) is 5.24. The lowest BCUT2D eigenvalue weighted by molar-refractivity contribution is 0.203. The van der Waals surface area contributed by atoms with E-state index in [1.165, 1.54) is 16.8 Å². The van der Waals surface area contributed by atoms with Crippen LogP contribution in [0.4, 0.5) is 5.69 Å². The lowest BCUT2D eigenvalue weighted by atomic mass is 9.76. The van der Waals surface area contributed by atoms with Gasteiger partial charge in [-0.15, -0.1) is 0 Å². The van der Waals surface area contributed by atoms with E-state index in [2.05, 4.69) is 41.3 Å². The topological polar surface area (TPSA) is 62.2 Å². The van der Waals surface area contributed by atoms with E-state index in [4.69, 9.17) is 9.47 Å². The number of nitrogens with zero attached hydrogens (tertiary/aromatic N) is 1. The number of phenolic OH excluding ortho intramolecular Hbond substituents is 1. The summed E-state index contributed by atoms with van der Waals surface area (Å²) in [5.41, 5.74) is 4.72. The number of phenols is 1. The molecule has 0 aliphatic carbocycles. The molecule has 1 fully saturated rings. The van der Waals surface area contributed by atoms with E-state index in [0.717, 1.165) is 43.0 Å². The van der Waals surface area contributed by atoms with Gasteiger partial charge in [0.15, 0.2) is 0 Å². The van der Waals surface area contributed by atoms with Crippen LogP contribution in [0.25, 0.3) is 0 Å². The Balaban J connectivity index is 1.48. The molecule has 2 heterocycles. The van der Waals surface area contributed by atoms with Gasteiger partial charge in [-0.1, -0.05) is 30.3 Å². The Morgan fingerprint density at radius 2 is 1.76 bits per heavy atom. The molecule has 3 aromatic rings. The highest BCUT2D eigenvalue weighted by Crippen LogP contribution is 2.47. The maximum absolute atomic E-state index is 10.00. The summed E-state index contributed by atoms with van der Waals surface area (Å²) in [6, 6.07) is 22.5. The van der Waals surface area contributed by atoms with E-state index < -0.39 is 0 Å². The van der Waals surface area contributed by atoms with E-state index in [1.807, 2.05) is 18.2 Å². The van der Waals surface area contributed by atoms with Gasteiger partial charge < -0.3 is 24.6 Å². The number of rotatable bonds is 5. The van der Waals surface area contributed by atoms with Crippen molar-refractivity contribution < 1.29 is 19.7 Å². The molecular weight excluding hydrogens is 414 g/mol. The normalized spacial score (nSPS) is 20.7. The highest BCUT2D eigenvalue weighted by molar-refractivity contribution is 5.54. The molecule has 0 bridgehead atoms. The number of benzene rings is 3. The van der Waals surface area contributed by atoms with Gasteiger partial charge in [0.25, 0.3) is 0 Å². The Bertz CT molecular complexity index is 1090. The van der Waals surface area contributed by atoms with Crippen molar-refractivity contribution in [2.75, 3.05) is 38.3 Å². The Morgan fingerprint density at radius 3 is 2.48 bits per heavy atom. The molecule has 2 N–H and O–H groups in total. The molecule has 33 heavy (non-hydrogen) atoms. The minimum Gasteiger partial charge on any atom is -0.508 e. The zero-order chi connectivity index (χ0) is 22.8. The van der Waals surface area contributed by atoms with Crippen LogP contribution in [0.15, 0.2) is 66.7 Å². The molecule has 0 amide bonds. The first kappa shape index (κ1) is 21.7. The van der Waals surface area contributed by atoms with E-state index in [0.29, 0.717) is 12.5 Å². The molecule has 1 unspecified atom stereocenters. The van der Waals surface area contributed by atoms with Gasteiger partial charge in [-0.3, -0.25) is 0 Å². The first-order valence-corrected chi connectivity index (χ1v) is 11.7. The predicted octanol–water partition coefficient (Wildman–Crippen LogP) is 4.92. The van der Waals surface area contributed by atoms with Gasteiger partial charge >= 0.3 is 0 Å². The summed E-state index contributed by atoms with van der Waals surface area (Å²) in [4.78, 5) is 2.41. The van der Waals surface area contributed by atoms with Crippen LogP contribution in [0.5, 0.6) is 17.2 Å². The lowest BCUT2D eigenvalue weighted by Gasteiger charge is -2.35. The third-order valence-corrected chi connectivity index (χ3v) is 7.16. The molecule has 5 rings (SSSR count). The first-order valence-electron chi connectivity index (χ1n) is 11.7. The Morgan fingerprint density at radius 1 is 0.970 bits per heavy atom. The van der Waals surface area contributed by atoms with Gasteiger partial charge in [0.1, 0.15) is 17.2 Å². The van der Waals surface area contributed by atoms with Crippen molar-refractivity contribution in [1.82, 2.24) is 0 Å². The molecule has 5 nitrogen and oxygen atoms in total. The van der Waals surface area contributed by atoms with Gasteiger partial charge in [0.05, 0.1) is 13.7 Å². The molecule has 1 saturated heterocycles. The number of aliphatic hydroxyl groups is 1. The minimum absolute atomic E-state index is 0.107. The van der Waals surface area contributed by atoms with Gasteiger partial charge in [-0.25, -0.2) is 0 Å². The summed E-state index contributed by atoms with van der Waals surface area (Å²) in [7, 11) is 1.69. The van der Waals surface area contributed by atoms with Crippen molar-refractivity contribution in [3.05, 3.63) is 83.4 Å². The van der Waals surface area contributed by atoms with Crippen LogP contribution in [0.1, 0.15) is 41.4 Å². The summed E-state index contributed by atoms with van der Waals surface area (Å²) in [5.74, 6) is 2.46. The van der Waals surface area contributed by atoms with E-state index in [9.17, 15) is 10.2 Å². The second-order valence-corrected chi connectivity index (χ2v) is 9.10. The second-order valence-electron chi connectivity index (χ2n) is 9.10. The Hall–Kier alpha value is -3.18. The number of fused-ring (bicyclic) bond motifs is 1. The number of hydrogen-bond donors (Lipinski definition) is 2. The molecule has 0 aromatic heterocycles. The van der Waals surface area contributed by atoms with Crippen molar-refractivity contribution >= 4 is 5.69 Å². The monoisotopic (exact) mass is 445 g/mol. The van der Waals surface area contributed by atoms with E-state index in [1.54, 1.807) is 19.2 Å². The van der Waals surface area contributed by atoms with E-state index >= 15 is 0 Å². The number of ether oxygens (including phenoxy) is 2. The highest BCUT2D eigenvalue weighted by Gasteiger charge is 2.34. The molecular formula is C28H31NO4. The smallest absolute Gasteiger partial charge is 0.126 e. The minimum atomic E-state index is 0.107. The Labute approximate surface area is 195 Å². The summed E-state index contributed by atoms with van der Waals surface area (Å²) in [6.07, 6.45) is 2.07. The van der Waals surface area contributed by atoms with Crippen LogP contribution in [0.3, 0.4) is 0 Å². The third kappa shape index (κ3) is 4.38. The van der Waals surface area contributed by atoms with Crippen LogP contribution >= 0.6 is 0 Å². The number of methoxy groups -OCH3 is 1. The van der Waals surface area contributed by atoms with Gasteiger partial charge in [0, 0.05) is 48.8 Å². The summed E-state index contributed by atoms with van der Waals surface area (Å²) in [6.45, 7) is 2.79. The van der Waals surface area contributed by atoms with Crippen molar-refractivity contribution in [2.24, 2.45) is 5.92 Å². The van der Waals surface area contributed by atoms with Crippen LogP contribution in [-0.2, 0) is 0 Å². The first-order chi connectivity index (χ1) is 16.2. The number of piperidine rings is 1. The number of aromatic hydroxyl groups is 1. The maximum atomic E-state index is 10.00. The maximum Gasteiger partial charge on any atom is 0.126 e. The summed E-state index contributed by atoms with van der Waals surface area (Å²) < 4.78 is 11.6. The zero-order valence-electron chi connectivity index (χ0n) is 19.0. The lowest BCUT2D eigenvalue weighted by Crippen LogP contribution is -2.34. The number of anilines is 1. The quantitative estimate of drug-likeness (QED) is 0.584. The predicted molar refractivity (Wildman–Crippen MR) is 130 cm³/mol. The van der Waals surface area contributed by atoms with Crippen LogP contribution < -0.4 is 14.4 Å². The molecule has 0 saturated carbocycles. The average Bonchev–Trinajstić information content (AvgIpc) is 2.88. The van der Waals surface area contributed by atoms with Crippen molar-refractivity contribution in [2.45, 2.75) is 24.7 Å². The number of hydrogen-bond acceptors (Lipinski definition) is 5. The van der Waals surface area contributed by atoms with Gasteiger partial charge in [0.2, 0.25) is 0 Å². The van der Waals surface area contributed by atoms with Gasteiger partial charge in [-0.2, -0.15) is 0 Å². The van der Waals surface area contributed by atoms with Crippen LogP contribution in [-0.4, -0.2) is 43.6 Å². The summed E-state index contributed by atoms with van der Waals surface area (Å²) in [5, 5.41) is 19.4. The van der Waals surface area contributed by atoms with Crippen LogP contribution in [0.2, 0.25) is 0 Å². The second kappa shape index (κ2) is 9.36. The fourth-order valence-corrected chi connectivity index (χ4v) is 5.24. The highest BCUT2D eigenvalue weighted by atomic mass is 16.5. The van der Waals surface area contributed by atoms with Crippen LogP contribution in [0, 0.1) is 5.92 Å². The zero-order valence-corrected chi connectivity index (χ0v) is 19.0. The van der Waals surface area contributed by atoms with Crippen molar-refractivity contribution in [3.8, 4) is 17.2 Å². The van der Waals surface area contributed by atoms with Crippen molar-refractivity contribution in [3.63, 3.8) is 0 Å². The molecule has 2 atom stereocenters. The van der Waals surface area contributed by atoms with Crippen molar-refractivity contribution in [1.29, 1.82) is 0 Å². The largest absolute Gasteiger partial charge is 0.508 e. The molecule has 3 aromatic carbocycles. The average molecular weight is 446 g/mol. The molecule has 2 aliphatic heterocycles. The SMILES string of the molecule is COc1cccc(C2COc3cc(O)ccc3[C@H]2c2ccc(N3CCC(CO)CC3)cc2)c1. The molecule has 2 aliphatic rings.